The molecule has 2 N–H and O–H groups in total. The summed E-state index contributed by atoms with van der Waals surface area (Å²) in [7, 11) is 1.26. The number of methoxy groups -OCH3 is 1. The summed E-state index contributed by atoms with van der Waals surface area (Å²) in [5.41, 5.74) is 1.24. The van der Waals surface area contributed by atoms with E-state index >= 15 is 0 Å². The normalized spacial score (nSPS) is 10.0. The molecule has 0 fully saturated rings. The molecule has 0 aromatic heterocycles. The zero-order valence-corrected chi connectivity index (χ0v) is 13.0. The van der Waals surface area contributed by atoms with Gasteiger partial charge in [0.05, 0.1) is 24.2 Å². The van der Waals surface area contributed by atoms with Crippen LogP contribution in [0.3, 0.4) is 0 Å². The van der Waals surface area contributed by atoms with Crippen LogP contribution in [0.2, 0.25) is 5.02 Å². The molecule has 0 spiro atoms. The number of halogens is 2. The van der Waals surface area contributed by atoms with Crippen molar-refractivity contribution < 1.29 is 18.7 Å². The van der Waals surface area contributed by atoms with Crippen molar-refractivity contribution in [2.75, 3.05) is 24.3 Å². The van der Waals surface area contributed by atoms with Gasteiger partial charge in [0, 0.05) is 11.4 Å². The highest BCUT2D eigenvalue weighted by atomic mass is 35.5. The standard InChI is InChI=1S/C16H14ClFN2O3/c1-23-16(22)13-8-12(6-7-14(13)17)19-9-15(21)20-11-4-2-10(18)3-5-11/h2-8,19H,9H2,1H3,(H,20,21). The summed E-state index contributed by atoms with van der Waals surface area (Å²) < 4.78 is 17.4. The van der Waals surface area contributed by atoms with E-state index in [4.69, 9.17) is 11.6 Å². The molecule has 0 aliphatic carbocycles. The molecule has 0 heterocycles. The zero-order chi connectivity index (χ0) is 16.8. The number of ether oxygens (including phenoxy) is 1. The van der Waals surface area contributed by atoms with Crippen molar-refractivity contribution in [2.24, 2.45) is 0 Å². The van der Waals surface area contributed by atoms with Crippen LogP contribution in [0.4, 0.5) is 15.8 Å². The summed E-state index contributed by atoms with van der Waals surface area (Å²) >= 11 is 5.91. The second kappa shape index (κ2) is 7.60. The molecule has 5 nitrogen and oxygen atoms in total. The Morgan fingerprint density at radius 1 is 1.13 bits per heavy atom. The Balaban J connectivity index is 1.96. The molecule has 2 aromatic rings. The highest BCUT2D eigenvalue weighted by molar-refractivity contribution is 6.33. The van der Waals surface area contributed by atoms with Crippen molar-refractivity contribution in [1.82, 2.24) is 0 Å². The number of rotatable bonds is 5. The summed E-state index contributed by atoms with van der Waals surface area (Å²) in [5.74, 6) is -1.25. The van der Waals surface area contributed by atoms with E-state index < -0.39 is 5.97 Å². The Labute approximate surface area is 137 Å². The number of anilines is 2. The SMILES string of the molecule is COC(=O)c1cc(NCC(=O)Nc2ccc(F)cc2)ccc1Cl. The lowest BCUT2D eigenvalue weighted by atomic mass is 10.2. The van der Waals surface area contributed by atoms with Crippen molar-refractivity contribution >= 4 is 34.9 Å². The fourth-order valence-corrected chi connectivity index (χ4v) is 2.02. The lowest BCUT2D eigenvalue weighted by molar-refractivity contribution is -0.114. The summed E-state index contributed by atoms with van der Waals surface area (Å²) in [6.07, 6.45) is 0. The van der Waals surface area contributed by atoms with Crippen molar-refractivity contribution in [2.45, 2.75) is 0 Å². The molecule has 0 saturated heterocycles. The average Bonchev–Trinajstić information content (AvgIpc) is 2.55. The highest BCUT2D eigenvalue weighted by Crippen LogP contribution is 2.21. The molecule has 0 unspecified atom stereocenters. The number of amides is 1. The monoisotopic (exact) mass is 336 g/mol. The van der Waals surface area contributed by atoms with E-state index in [2.05, 4.69) is 15.4 Å². The molecular weight excluding hydrogens is 323 g/mol. The maximum atomic E-state index is 12.8. The van der Waals surface area contributed by atoms with Gasteiger partial charge in [-0.1, -0.05) is 11.6 Å². The molecule has 2 aromatic carbocycles. The predicted molar refractivity (Wildman–Crippen MR) is 86.3 cm³/mol. The molecule has 0 atom stereocenters. The molecular formula is C16H14ClFN2O3. The molecule has 0 aliphatic rings. The first-order valence-electron chi connectivity index (χ1n) is 6.67. The largest absolute Gasteiger partial charge is 0.465 e. The van der Waals surface area contributed by atoms with Gasteiger partial charge < -0.3 is 15.4 Å². The van der Waals surface area contributed by atoms with Gasteiger partial charge in [0.1, 0.15) is 5.82 Å². The van der Waals surface area contributed by atoms with Gasteiger partial charge in [-0.05, 0) is 42.5 Å². The molecule has 0 saturated carbocycles. The second-order valence-corrected chi connectivity index (χ2v) is 5.00. The van der Waals surface area contributed by atoms with E-state index in [9.17, 15) is 14.0 Å². The van der Waals surface area contributed by atoms with Gasteiger partial charge >= 0.3 is 5.97 Å². The average molecular weight is 337 g/mol. The lowest BCUT2D eigenvalue weighted by Crippen LogP contribution is -2.21. The molecule has 0 aliphatic heterocycles. The first-order chi connectivity index (χ1) is 11.0. The van der Waals surface area contributed by atoms with Crippen LogP contribution in [-0.4, -0.2) is 25.5 Å². The van der Waals surface area contributed by atoms with Crippen molar-refractivity contribution in [3.8, 4) is 0 Å². The van der Waals surface area contributed by atoms with Crippen LogP contribution in [0, 0.1) is 5.82 Å². The fourth-order valence-electron chi connectivity index (χ4n) is 1.82. The first-order valence-corrected chi connectivity index (χ1v) is 7.04. The maximum Gasteiger partial charge on any atom is 0.339 e. The number of hydrogen-bond donors (Lipinski definition) is 2. The van der Waals surface area contributed by atoms with Crippen LogP contribution in [0.1, 0.15) is 10.4 Å². The topological polar surface area (TPSA) is 67.4 Å². The fraction of sp³-hybridized carbons (Fsp3) is 0.125. The van der Waals surface area contributed by atoms with Crippen molar-refractivity contribution in [3.05, 3.63) is 58.9 Å². The van der Waals surface area contributed by atoms with Crippen LogP contribution in [0.15, 0.2) is 42.5 Å². The first kappa shape index (κ1) is 16.8. The number of hydrogen-bond acceptors (Lipinski definition) is 4. The van der Waals surface area contributed by atoms with E-state index in [-0.39, 0.29) is 28.9 Å². The van der Waals surface area contributed by atoms with Crippen LogP contribution < -0.4 is 10.6 Å². The van der Waals surface area contributed by atoms with E-state index in [0.29, 0.717) is 11.4 Å². The Morgan fingerprint density at radius 2 is 1.78 bits per heavy atom. The van der Waals surface area contributed by atoms with Gasteiger partial charge in [-0.3, -0.25) is 4.79 Å². The van der Waals surface area contributed by atoms with Crippen molar-refractivity contribution in [1.29, 1.82) is 0 Å². The quantitative estimate of drug-likeness (QED) is 0.822. The number of esters is 1. The molecule has 2 rings (SSSR count). The molecule has 23 heavy (non-hydrogen) atoms. The summed E-state index contributed by atoms with van der Waals surface area (Å²) in [4.78, 5) is 23.4. The van der Waals surface area contributed by atoms with Crippen LogP contribution in [0.25, 0.3) is 0 Å². The predicted octanol–water partition coefficient (Wildman–Crippen LogP) is 3.32. The molecule has 0 bridgehead atoms. The van der Waals surface area contributed by atoms with E-state index in [1.54, 1.807) is 6.07 Å². The Morgan fingerprint density at radius 3 is 2.43 bits per heavy atom. The number of benzene rings is 2. The number of carbonyl (C=O) groups is 2. The minimum Gasteiger partial charge on any atom is -0.465 e. The number of nitrogens with one attached hydrogen (secondary N) is 2. The Hall–Kier alpha value is -2.60. The lowest BCUT2D eigenvalue weighted by Gasteiger charge is -2.09. The Kier molecular flexibility index (Phi) is 5.54. The van der Waals surface area contributed by atoms with Crippen LogP contribution in [-0.2, 0) is 9.53 Å². The van der Waals surface area contributed by atoms with E-state index in [0.717, 1.165) is 0 Å². The molecule has 120 valence electrons. The maximum absolute atomic E-state index is 12.8. The number of carbonyl (C=O) groups excluding carboxylic acids is 2. The third-order valence-electron chi connectivity index (χ3n) is 2.95. The van der Waals surface area contributed by atoms with Crippen LogP contribution >= 0.6 is 11.6 Å². The van der Waals surface area contributed by atoms with E-state index in [1.165, 1.54) is 43.5 Å². The Bertz CT molecular complexity index is 720. The molecule has 7 heteroatoms. The van der Waals surface area contributed by atoms with Gasteiger partial charge in [-0.15, -0.1) is 0 Å². The summed E-state index contributed by atoms with van der Waals surface area (Å²) in [6, 6.07) is 10.1. The third kappa shape index (κ3) is 4.69. The molecule has 0 radical (unpaired) electrons. The van der Waals surface area contributed by atoms with Gasteiger partial charge in [-0.2, -0.15) is 0 Å². The summed E-state index contributed by atoms with van der Waals surface area (Å²) in [5, 5.41) is 5.75. The van der Waals surface area contributed by atoms with Gasteiger partial charge in [0.2, 0.25) is 5.91 Å². The van der Waals surface area contributed by atoms with E-state index in [1.807, 2.05) is 0 Å². The second-order valence-electron chi connectivity index (χ2n) is 4.59. The van der Waals surface area contributed by atoms with Gasteiger partial charge in [-0.25, -0.2) is 9.18 Å². The van der Waals surface area contributed by atoms with Gasteiger partial charge in [0.15, 0.2) is 0 Å². The molecule has 1 amide bonds. The van der Waals surface area contributed by atoms with Crippen molar-refractivity contribution in [3.63, 3.8) is 0 Å². The smallest absolute Gasteiger partial charge is 0.339 e. The minimum absolute atomic E-state index is 0.0282. The highest BCUT2D eigenvalue weighted by Gasteiger charge is 2.11. The summed E-state index contributed by atoms with van der Waals surface area (Å²) in [6.45, 7) is -0.0282. The van der Waals surface area contributed by atoms with Gasteiger partial charge in [0.25, 0.3) is 0 Å². The third-order valence-corrected chi connectivity index (χ3v) is 3.28. The zero-order valence-electron chi connectivity index (χ0n) is 12.2. The minimum atomic E-state index is -0.561. The van der Waals surface area contributed by atoms with Crippen LogP contribution in [0.5, 0.6) is 0 Å².